The molecular formula is C19H20ClNO4. The van der Waals surface area contributed by atoms with E-state index < -0.39 is 5.97 Å². The van der Waals surface area contributed by atoms with E-state index in [1.54, 1.807) is 6.07 Å². The van der Waals surface area contributed by atoms with Crippen molar-refractivity contribution < 1.29 is 19.4 Å². The lowest BCUT2D eigenvalue weighted by Crippen LogP contribution is -2.34. The topological polar surface area (TPSA) is 59.0 Å². The monoisotopic (exact) mass is 361 g/mol. The summed E-state index contributed by atoms with van der Waals surface area (Å²) in [5.74, 6) is 0.419. The number of ether oxygens (including phenoxy) is 2. The lowest BCUT2D eigenvalue weighted by Gasteiger charge is -2.22. The fourth-order valence-corrected chi connectivity index (χ4v) is 3.11. The number of fused-ring (bicyclic) bond motifs is 1. The van der Waals surface area contributed by atoms with Crippen molar-refractivity contribution >= 4 is 17.6 Å². The number of hydrogen-bond donors (Lipinski definition) is 1. The van der Waals surface area contributed by atoms with E-state index in [-0.39, 0.29) is 11.7 Å². The van der Waals surface area contributed by atoms with Gasteiger partial charge in [-0.15, -0.1) is 0 Å². The summed E-state index contributed by atoms with van der Waals surface area (Å²) in [4.78, 5) is 13.2. The van der Waals surface area contributed by atoms with E-state index in [9.17, 15) is 4.79 Å². The quantitative estimate of drug-likeness (QED) is 0.879. The van der Waals surface area contributed by atoms with Gasteiger partial charge >= 0.3 is 5.97 Å². The number of benzene rings is 2. The standard InChI is InChI=1S/C19H20ClNO4/c1-13-11-21(12-15-4-2-3-5-17(15)25-13)8-9-24-18-7-6-14(19(22)23)10-16(18)20/h2-7,10,13H,8-9,11-12H2,1H3,(H,22,23). The van der Waals surface area contributed by atoms with Gasteiger partial charge < -0.3 is 14.6 Å². The lowest BCUT2D eigenvalue weighted by atomic mass is 10.2. The number of para-hydroxylation sites is 1. The van der Waals surface area contributed by atoms with Crippen LogP contribution in [0.5, 0.6) is 11.5 Å². The van der Waals surface area contributed by atoms with Crippen LogP contribution in [0.1, 0.15) is 22.8 Å². The van der Waals surface area contributed by atoms with Gasteiger partial charge in [-0.2, -0.15) is 0 Å². The molecule has 0 spiro atoms. The number of halogens is 1. The summed E-state index contributed by atoms with van der Waals surface area (Å²) in [5.41, 5.74) is 1.31. The van der Waals surface area contributed by atoms with Gasteiger partial charge in [0.2, 0.25) is 0 Å². The highest BCUT2D eigenvalue weighted by Crippen LogP contribution is 2.26. The highest BCUT2D eigenvalue weighted by molar-refractivity contribution is 6.32. The number of aromatic carboxylic acids is 1. The molecule has 3 rings (SSSR count). The maximum absolute atomic E-state index is 10.9. The van der Waals surface area contributed by atoms with Gasteiger partial charge in [-0.1, -0.05) is 29.8 Å². The summed E-state index contributed by atoms with van der Waals surface area (Å²) in [5, 5.41) is 9.26. The van der Waals surface area contributed by atoms with Crippen LogP contribution in [0.15, 0.2) is 42.5 Å². The van der Waals surface area contributed by atoms with Crippen molar-refractivity contribution in [3.05, 3.63) is 58.6 Å². The number of rotatable bonds is 5. The van der Waals surface area contributed by atoms with Crippen molar-refractivity contribution in [1.29, 1.82) is 0 Å². The minimum atomic E-state index is -1.01. The first-order valence-electron chi connectivity index (χ1n) is 8.15. The van der Waals surface area contributed by atoms with E-state index in [1.807, 2.05) is 18.2 Å². The van der Waals surface area contributed by atoms with Gasteiger partial charge in [0.25, 0.3) is 0 Å². The van der Waals surface area contributed by atoms with Crippen molar-refractivity contribution in [3.63, 3.8) is 0 Å². The van der Waals surface area contributed by atoms with E-state index >= 15 is 0 Å². The Bertz CT molecular complexity index is 765. The third-order valence-corrected chi connectivity index (χ3v) is 4.35. The van der Waals surface area contributed by atoms with Crippen molar-refractivity contribution in [1.82, 2.24) is 4.90 Å². The SMILES string of the molecule is CC1CN(CCOc2ccc(C(=O)O)cc2Cl)Cc2ccccc2O1. The molecule has 1 unspecified atom stereocenters. The Kier molecular flexibility index (Phi) is 5.46. The van der Waals surface area contributed by atoms with E-state index in [4.69, 9.17) is 26.2 Å². The molecule has 2 aromatic carbocycles. The van der Waals surface area contributed by atoms with Crippen molar-refractivity contribution in [2.45, 2.75) is 19.6 Å². The molecule has 0 radical (unpaired) electrons. The number of nitrogens with zero attached hydrogens (tertiary/aromatic N) is 1. The van der Waals surface area contributed by atoms with Crippen LogP contribution in [-0.4, -0.2) is 41.8 Å². The molecule has 0 bridgehead atoms. The van der Waals surface area contributed by atoms with Crippen molar-refractivity contribution in [3.8, 4) is 11.5 Å². The Hall–Kier alpha value is -2.24. The Morgan fingerprint density at radius 2 is 2.16 bits per heavy atom. The van der Waals surface area contributed by atoms with Gasteiger partial charge in [0.15, 0.2) is 0 Å². The van der Waals surface area contributed by atoms with Crippen molar-refractivity contribution in [2.24, 2.45) is 0 Å². The van der Waals surface area contributed by atoms with Crippen LogP contribution in [0.4, 0.5) is 0 Å². The predicted molar refractivity (Wildman–Crippen MR) is 95.7 cm³/mol. The van der Waals surface area contributed by atoms with E-state index in [0.717, 1.165) is 30.9 Å². The highest BCUT2D eigenvalue weighted by atomic mass is 35.5. The maximum atomic E-state index is 10.9. The van der Waals surface area contributed by atoms with Gasteiger partial charge in [0, 0.05) is 25.2 Å². The van der Waals surface area contributed by atoms with E-state index in [1.165, 1.54) is 12.1 Å². The summed E-state index contributed by atoms with van der Waals surface area (Å²) in [7, 11) is 0. The first-order valence-corrected chi connectivity index (χ1v) is 8.53. The molecular weight excluding hydrogens is 342 g/mol. The number of carboxylic acid groups (broad SMARTS) is 1. The minimum Gasteiger partial charge on any atom is -0.491 e. The Labute approximate surface area is 151 Å². The molecule has 1 aliphatic heterocycles. The molecule has 0 amide bonds. The summed E-state index contributed by atoms with van der Waals surface area (Å²) in [6.07, 6.45) is 0.0992. The van der Waals surface area contributed by atoms with Gasteiger partial charge in [0.1, 0.15) is 24.2 Å². The maximum Gasteiger partial charge on any atom is 0.335 e. The van der Waals surface area contributed by atoms with Crippen LogP contribution in [0.2, 0.25) is 5.02 Å². The molecule has 0 aromatic heterocycles. The van der Waals surface area contributed by atoms with E-state index in [2.05, 4.69) is 17.9 Å². The molecule has 6 heteroatoms. The number of carboxylic acids is 1. The second-order valence-corrected chi connectivity index (χ2v) is 6.48. The molecule has 5 nitrogen and oxygen atoms in total. The highest BCUT2D eigenvalue weighted by Gasteiger charge is 2.19. The third-order valence-electron chi connectivity index (χ3n) is 4.05. The summed E-state index contributed by atoms with van der Waals surface area (Å²) < 4.78 is 11.7. The fourth-order valence-electron chi connectivity index (χ4n) is 2.88. The zero-order valence-electron chi connectivity index (χ0n) is 13.9. The van der Waals surface area contributed by atoms with Crippen LogP contribution in [0.25, 0.3) is 0 Å². The first-order chi connectivity index (χ1) is 12.0. The molecule has 132 valence electrons. The number of hydrogen-bond acceptors (Lipinski definition) is 4. The van der Waals surface area contributed by atoms with Crippen molar-refractivity contribution in [2.75, 3.05) is 19.7 Å². The van der Waals surface area contributed by atoms with Gasteiger partial charge in [-0.3, -0.25) is 4.90 Å². The summed E-state index contributed by atoms with van der Waals surface area (Å²) >= 11 is 6.09. The average molecular weight is 362 g/mol. The fraction of sp³-hybridized carbons (Fsp3) is 0.316. The molecule has 0 saturated heterocycles. The van der Waals surface area contributed by atoms with Crippen LogP contribution in [0, 0.1) is 0 Å². The minimum absolute atomic E-state index is 0.0992. The van der Waals surface area contributed by atoms with Crippen LogP contribution < -0.4 is 9.47 Å². The zero-order valence-corrected chi connectivity index (χ0v) is 14.7. The summed E-state index contributed by atoms with van der Waals surface area (Å²) in [6, 6.07) is 12.5. The largest absolute Gasteiger partial charge is 0.491 e. The van der Waals surface area contributed by atoms with Gasteiger partial charge in [-0.05, 0) is 31.2 Å². The zero-order chi connectivity index (χ0) is 17.8. The Morgan fingerprint density at radius 3 is 2.92 bits per heavy atom. The smallest absolute Gasteiger partial charge is 0.335 e. The third kappa shape index (κ3) is 4.44. The molecule has 0 aliphatic carbocycles. The molecule has 1 N–H and O–H groups in total. The number of carbonyl (C=O) groups is 1. The second kappa shape index (κ2) is 7.76. The van der Waals surface area contributed by atoms with E-state index in [0.29, 0.717) is 17.4 Å². The lowest BCUT2D eigenvalue weighted by molar-refractivity contribution is 0.0697. The van der Waals surface area contributed by atoms with Gasteiger partial charge in [-0.25, -0.2) is 4.79 Å². The van der Waals surface area contributed by atoms with Crippen LogP contribution in [0.3, 0.4) is 0 Å². The molecule has 1 atom stereocenters. The average Bonchev–Trinajstić information content (AvgIpc) is 2.73. The molecule has 1 heterocycles. The van der Waals surface area contributed by atoms with Gasteiger partial charge in [0.05, 0.1) is 10.6 Å². The predicted octanol–water partition coefficient (Wildman–Crippen LogP) is 3.70. The molecule has 2 aromatic rings. The van der Waals surface area contributed by atoms with Crippen LogP contribution >= 0.6 is 11.6 Å². The molecule has 25 heavy (non-hydrogen) atoms. The van der Waals surface area contributed by atoms with Crippen LogP contribution in [-0.2, 0) is 6.54 Å². The summed E-state index contributed by atoms with van der Waals surface area (Å²) in [6.45, 7) is 4.84. The molecule has 1 aliphatic rings. The Morgan fingerprint density at radius 1 is 1.36 bits per heavy atom. The normalized spacial score (nSPS) is 17.3. The molecule has 0 saturated carbocycles. The molecule has 0 fully saturated rings. The Balaban J connectivity index is 1.59. The second-order valence-electron chi connectivity index (χ2n) is 6.07. The first kappa shape index (κ1) is 17.6.